The van der Waals surface area contributed by atoms with Crippen molar-refractivity contribution in [2.45, 2.75) is 32.7 Å². The Morgan fingerprint density at radius 3 is 2.67 bits per heavy atom. The summed E-state index contributed by atoms with van der Waals surface area (Å²) in [4.78, 5) is 0. The molecule has 0 aromatic carbocycles. The van der Waals surface area contributed by atoms with Crippen molar-refractivity contribution in [2.75, 3.05) is 5.43 Å². The molecule has 0 spiro atoms. The van der Waals surface area contributed by atoms with E-state index in [1.165, 1.54) is 24.2 Å². The Morgan fingerprint density at radius 2 is 2.00 bits per heavy atom. The summed E-state index contributed by atoms with van der Waals surface area (Å²) in [6.45, 7) is 4.31. The number of allylic oxidation sites excluding steroid dienone is 1. The molecular weight excluding hydrogens is 184 g/mol. The fourth-order valence-corrected chi connectivity index (χ4v) is 2.90. The fourth-order valence-electron chi connectivity index (χ4n) is 2.90. The van der Waals surface area contributed by atoms with Gasteiger partial charge in [0.05, 0.1) is 0 Å². The highest BCUT2D eigenvalue weighted by Crippen LogP contribution is 2.43. The highest BCUT2D eigenvalue weighted by atomic mass is 15.4. The van der Waals surface area contributed by atoms with Gasteiger partial charge in [-0.15, -0.1) is 0 Å². The molecule has 0 aliphatic heterocycles. The zero-order valence-electron chi connectivity index (χ0n) is 9.40. The maximum absolute atomic E-state index is 3.63. The molecule has 1 heterocycles. The maximum Gasteiger partial charge on any atom is 0.0492 e. The van der Waals surface area contributed by atoms with Gasteiger partial charge >= 0.3 is 0 Å². The van der Waals surface area contributed by atoms with Crippen molar-refractivity contribution in [2.24, 2.45) is 11.8 Å². The molecule has 80 valence electrons. The lowest BCUT2D eigenvalue weighted by Gasteiger charge is -2.41. The molecule has 3 rings (SSSR count). The van der Waals surface area contributed by atoms with Crippen LogP contribution in [0.15, 0.2) is 24.3 Å². The normalized spacial score (nSPS) is 32.5. The van der Waals surface area contributed by atoms with Crippen molar-refractivity contribution in [3.05, 3.63) is 35.7 Å². The van der Waals surface area contributed by atoms with Gasteiger partial charge in [-0.2, -0.15) is 0 Å². The van der Waals surface area contributed by atoms with E-state index in [1.807, 2.05) is 0 Å². The Bertz CT molecular complexity index is 383. The van der Waals surface area contributed by atoms with Crippen LogP contribution in [0.5, 0.6) is 0 Å². The topological polar surface area (TPSA) is 17.0 Å². The Balaban J connectivity index is 1.74. The highest BCUT2D eigenvalue weighted by Gasteiger charge is 2.41. The third-order valence-electron chi connectivity index (χ3n) is 3.93. The van der Waals surface area contributed by atoms with Gasteiger partial charge in [0.2, 0.25) is 0 Å². The van der Waals surface area contributed by atoms with Crippen molar-refractivity contribution in [3.63, 3.8) is 0 Å². The van der Waals surface area contributed by atoms with Gasteiger partial charge in [-0.25, -0.2) is 0 Å². The van der Waals surface area contributed by atoms with Gasteiger partial charge in [-0.05, 0) is 44.7 Å². The van der Waals surface area contributed by atoms with Crippen LogP contribution in [-0.4, -0.2) is 10.7 Å². The number of hydrogen-bond acceptors (Lipinski definition) is 1. The van der Waals surface area contributed by atoms with Crippen molar-refractivity contribution < 1.29 is 0 Å². The van der Waals surface area contributed by atoms with Gasteiger partial charge in [-0.1, -0.05) is 12.2 Å². The first-order chi connectivity index (χ1) is 7.25. The fraction of sp³-hybridized carbons (Fsp3) is 0.538. The van der Waals surface area contributed by atoms with Crippen LogP contribution in [-0.2, 0) is 0 Å². The molecule has 15 heavy (non-hydrogen) atoms. The van der Waals surface area contributed by atoms with Crippen LogP contribution < -0.4 is 5.43 Å². The number of aryl methyl sites for hydroxylation is 2. The van der Waals surface area contributed by atoms with E-state index in [0.717, 1.165) is 11.8 Å². The predicted molar refractivity (Wildman–Crippen MR) is 62.4 cm³/mol. The van der Waals surface area contributed by atoms with Gasteiger partial charge in [-0.3, -0.25) is 4.68 Å². The Morgan fingerprint density at radius 1 is 1.27 bits per heavy atom. The summed E-state index contributed by atoms with van der Waals surface area (Å²) in [7, 11) is 0. The average Bonchev–Trinajstić information content (AvgIpc) is 2.70. The quantitative estimate of drug-likeness (QED) is 0.729. The number of nitrogens with one attached hydrogen (secondary N) is 1. The lowest BCUT2D eigenvalue weighted by molar-refractivity contribution is 0.204. The molecule has 2 aliphatic carbocycles. The molecule has 0 saturated heterocycles. The van der Waals surface area contributed by atoms with E-state index in [1.54, 1.807) is 0 Å². The van der Waals surface area contributed by atoms with Crippen LogP contribution in [0.3, 0.4) is 0 Å². The largest absolute Gasteiger partial charge is 0.322 e. The summed E-state index contributed by atoms with van der Waals surface area (Å²) < 4.78 is 2.23. The maximum atomic E-state index is 3.63. The Hall–Kier alpha value is -1.18. The standard InChI is InChI=1S/C13H18N2/c1-9-6-7-10(2)15(9)14-13-8-11-4-3-5-12(11)13/h3,5-7,11-14H,4,8H2,1-2H3. The summed E-state index contributed by atoms with van der Waals surface area (Å²) in [5.41, 5.74) is 6.24. The van der Waals surface area contributed by atoms with Gasteiger partial charge < -0.3 is 5.43 Å². The molecule has 1 saturated carbocycles. The molecule has 0 radical (unpaired) electrons. The van der Waals surface area contributed by atoms with Crippen LogP contribution in [0.25, 0.3) is 0 Å². The van der Waals surface area contributed by atoms with E-state index >= 15 is 0 Å². The summed E-state index contributed by atoms with van der Waals surface area (Å²) in [5, 5.41) is 0. The first-order valence-corrected chi connectivity index (χ1v) is 5.84. The molecule has 1 aromatic rings. The zero-order valence-corrected chi connectivity index (χ0v) is 9.40. The summed E-state index contributed by atoms with van der Waals surface area (Å²) in [6, 6.07) is 4.99. The van der Waals surface area contributed by atoms with Crippen LogP contribution in [0.2, 0.25) is 0 Å². The van der Waals surface area contributed by atoms with Crippen LogP contribution in [0.1, 0.15) is 24.2 Å². The minimum Gasteiger partial charge on any atom is -0.322 e. The van der Waals surface area contributed by atoms with E-state index in [0.29, 0.717) is 6.04 Å². The second-order valence-electron chi connectivity index (χ2n) is 4.92. The van der Waals surface area contributed by atoms with Crippen LogP contribution in [0, 0.1) is 25.7 Å². The number of rotatable bonds is 2. The van der Waals surface area contributed by atoms with E-state index in [2.05, 4.69) is 48.2 Å². The van der Waals surface area contributed by atoms with Crippen molar-refractivity contribution in [1.29, 1.82) is 0 Å². The van der Waals surface area contributed by atoms with E-state index in [-0.39, 0.29) is 0 Å². The summed E-state index contributed by atoms with van der Waals surface area (Å²) in [5.74, 6) is 1.71. The SMILES string of the molecule is Cc1ccc(C)n1NC1CC2CC=CC21. The molecule has 0 bridgehead atoms. The average molecular weight is 202 g/mol. The summed E-state index contributed by atoms with van der Waals surface area (Å²) in [6.07, 6.45) is 7.35. The summed E-state index contributed by atoms with van der Waals surface area (Å²) >= 11 is 0. The zero-order chi connectivity index (χ0) is 10.4. The Labute approximate surface area is 91.0 Å². The monoisotopic (exact) mass is 202 g/mol. The second-order valence-corrected chi connectivity index (χ2v) is 4.92. The predicted octanol–water partition coefficient (Wildman–Crippen LogP) is 2.61. The third kappa shape index (κ3) is 1.31. The first-order valence-electron chi connectivity index (χ1n) is 5.84. The molecule has 1 fully saturated rings. The van der Waals surface area contributed by atoms with Crippen molar-refractivity contribution in [3.8, 4) is 0 Å². The number of nitrogens with zero attached hydrogens (tertiary/aromatic N) is 1. The Kier molecular flexibility index (Phi) is 1.91. The molecule has 0 amide bonds. The first kappa shape index (κ1) is 9.08. The van der Waals surface area contributed by atoms with Gasteiger partial charge in [0.1, 0.15) is 0 Å². The van der Waals surface area contributed by atoms with Crippen molar-refractivity contribution >= 4 is 0 Å². The smallest absolute Gasteiger partial charge is 0.0492 e. The molecule has 1 N–H and O–H groups in total. The lowest BCUT2D eigenvalue weighted by Crippen LogP contribution is -2.46. The number of fused-ring (bicyclic) bond motifs is 1. The molecule has 3 unspecified atom stereocenters. The second kappa shape index (κ2) is 3.16. The molecule has 2 nitrogen and oxygen atoms in total. The minimum absolute atomic E-state index is 0.651. The van der Waals surface area contributed by atoms with E-state index < -0.39 is 0 Å². The molecule has 2 aliphatic rings. The lowest BCUT2D eigenvalue weighted by atomic mass is 9.72. The van der Waals surface area contributed by atoms with Gasteiger partial charge in [0.25, 0.3) is 0 Å². The highest BCUT2D eigenvalue weighted by molar-refractivity contribution is 5.20. The molecule has 1 aromatic heterocycles. The van der Waals surface area contributed by atoms with E-state index in [9.17, 15) is 0 Å². The minimum atomic E-state index is 0.651. The number of aromatic nitrogens is 1. The molecule has 3 atom stereocenters. The van der Waals surface area contributed by atoms with Crippen LogP contribution in [0.4, 0.5) is 0 Å². The number of hydrogen-bond donors (Lipinski definition) is 1. The molecule has 2 heteroatoms. The third-order valence-corrected chi connectivity index (χ3v) is 3.93. The van der Waals surface area contributed by atoms with E-state index in [4.69, 9.17) is 0 Å². The molecular formula is C13H18N2. The van der Waals surface area contributed by atoms with Gasteiger partial charge in [0.15, 0.2) is 0 Å². The van der Waals surface area contributed by atoms with Gasteiger partial charge in [0, 0.05) is 23.3 Å². The van der Waals surface area contributed by atoms with Crippen LogP contribution >= 0.6 is 0 Å². The van der Waals surface area contributed by atoms with Crippen molar-refractivity contribution in [1.82, 2.24) is 4.68 Å².